The molecule has 0 bridgehead atoms. The molecule has 1 amide bonds. The van der Waals surface area contributed by atoms with Gasteiger partial charge in [0.15, 0.2) is 0 Å². The molecule has 0 aromatic heterocycles. The summed E-state index contributed by atoms with van der Waals surface area (Å²) in [5, 5.41) is 6.28. The first-order valence-corrected chi connectivity index (χ1v) is 7.84. The van der Waals surface area contributed by atoms with Crippen LogP contribution in [-0.2, 0) is 16.1 Å². The van der Waals surface area contributed by atoms with Crippen LogP contribution >= 0.6 is 0 Å². The largest absolute Gasteiger partial charge is 0.372 e. The van der Waals surface area contributed by atoms with E-state index in [4.69, 9.17) is 4.74 Å². The van der Waals surface area contributed by atoms with Crippen LogP contribution < -0.4 is 10.6 Å². The summed E-state index contributed by atoms with van der Waals surface area (Å²) in [6, 6.07) is 10.5. The Bertz CT molecular complexity index is 382. The van der Waals surface area contributed by atoms with E-state index in [0.717, 1.165) is 32.4 Å². The topological polar surface area (TPSA) is 50.4 Å². The second-order valence-electron chi connectivity index (χ2n) is 5.33. The first kappa shape index (κ1) is 17.7. The Morgan fingerprint density at radius 1 is 1.29 bits per heavy atom. The van der Waals surface area contributed by atoms with Gasteiger partial charge in [-0.3, -0.25) is 4.79 Å². The van der Waals surface area contributed by atoms with Crippen LogP contribution in [0, 0.1) is 0 Å². The number of hydrogen-bond donors (Lipinski definition) is 2. The fourth-order valence-electron chi connectivity index (χ4n) is 2.11. The van der Waals surface area contributed by atoms with Gasteiger partial charge in [-0.25, -0.2) is 0 Å². The van der Waals surface area contributed by atoms with E-state index in [2.05, 4.69) is 29.7 Å². The fraction of sp³-hybridized carbons (Fsp3) is 0.588. The zero-order valence-electron chi connectivity index (χ0n) is 13.2. The lowest BCUT2D eigenvalue weighted by molar-refractivity contribution is -0.126. The number of benzene rings is 1. The van der Waals surface area contributed by atoms with E-state index in [1.54, 1.807) is 0 Å². The average Bonchev–Trinajstić information content (AvgIpc) is 2.47. The summed E-state index contributed by atoms with van der Waals surface area (Å²) in [5.74, 6) is -0.0202. The summed E-state index contributed by atoms with van der Waals surface area (Å²) in [5.41, 5.74) is 1.28. The maximum atomic E-state index is 11.6. The van der Waals surface area contributed by atoms with Crippen LogP contribution in [0.2, 0.25) is 0 Å². The molecule has 0 spiro atoms. The van der Waals surface area contributed by atoms with Crippen molar-refractivity contribution in [1.29, 1.82) is 0 Å². The third-order valence-corrected chi connectivity index (χ3v) is 3.18. The molecule has 1 aromatic carbocycles. The molecule has 0 aliphatic rings. The van der Waals surface area contributed by atoms with Crippen LogP contribution in [0.1, 0.15) is 38.7 Å². The predicted molar refractivity (Wildman–Crippen MR) is 86.1 cm³/mol. The second-order valence-corrected chi connectivity index (χ2v) is 5.33. The van der Waals surface area contributed by atoms with Gasteiger partial charge in [-0.05, 0) is 31.9 Å². The first-order chi connectivity index (χ1) is 10.2. The molecular weight excluding hydrogens is 264 g/mol. The van der Waals surface area contributed by atoms with Gasteiger partial charge in [-0.15, -0.1) is 0 Å². The molecule has 118 valence electrons. The van der Waals surface area contributed by atoms with Crippen LogP contribution in [0.5, 0.6) is 0 Å². The molecule has 0 radical (unpaired) electrons. The van der Waals surface area contributed by atoms with Crippen molar-refractivity contribution in [3.63, 3.8) is 0 Å². The second kappa shape index (κ2) is 11.3. The molecule has 0 saturated heterocycles. The minimum atomic E-state index is -0.0202. The molecular formula is C17H28N2O2. The van der Waals surface area contributed by atoms with Gasteiger partial charge in [0.25, 0.3) is 0 Å². The maximum Gasteiger partial charge on any atom is 0.246 e. The Morgan fingerprint density at radius 2 is 2.05 bits per heavy atom. The van der Waals surface area contributed by atoms with E-state index < -0.39 is 0 Å². The molecule has 0 heterocycles. The van der Waals surface area contributed by atoms with E-state index in [1.165, 1.54) is 5.56 Å². The molecule has 1 unspecified atom stereocenters. The molecule has 4 heteroatoms. The van der Waals surface area contributed by atoms with Gasteiger partial charge in [-0.1, -0.05) is 43.7 Å². The third-order valence-electron chi connectivity index (χ3n) is 3.18. The van der Waals surface area contributed by atoms with Gasteiger partial charge in [0.05, 0.1) is 0 Å². The van der Waals surface area contributed by atoms with E-state index in [9.17, 15) is 4.79 Å². The third kappa shape index (κ3) is 9.21. The molecule has 1 rings (SSSR count). The van der Waals surface area contributed by atoms with Crippen molar-refractivity contribution in [3.05, 3.63) is 35.9 Å². The molecule has 2 N–H and O–H groups in total. The molecule has 1 aromatic rings. The summed E-state index contributed by atoms with van der Waals surface area (Å²) < 4.78 is 5.37. The summed E-state index contributed by atoms with van der Waals surface area (Å²) in [6.07, 6.45) is 3.00. The van der Waals surface area contributed by atoms with Gasteiger partial charge in [-0.2, -0.15) is 0 Å². The SMILES string of the molecule is CCCC(C)NC(=O)COCCCNCc1ccccc1. The van der Waals surface area contributed by atoms with Crippen molar-refractivity contribution < 1.29 is 9.53 Å². The van der Waals surface area contributed by atoms with Crippen molar-refractivity contribution in [2.45, 2.75) is 45.7 Å². The zero-order chi connectivity index (χ0) is 15.3. The highest BCUT2D eigenvalue weighted by molar-refractivity contribution is 5.77. The van der Waals surface area contributed by atoms with Gasteiger partial charge in [0, 0.05) is 19.2 Å². The van der Waals surface area contributed by atoms with Crippen molar-refractivity contribution in [2.24, 2.45) is 0 Å². The maximum absolute atomic E-state index is 11.6. The van der Waals surface area contributed by atoms with Crippen LogP contribution in [0.4, 0.5) is 0 Å². The molecule has 21 heavy (non-hydrogen) atoms. The average molecular weight is 292 g/mol. The highest BCUT2D eigenvalue weighted by Gasteiger charge is 2.05. The number of nitrogens with one attached hydrogen (secondary N) is 2. The highest BCUT2D eigenvalue weighted by atomic mass is 16.5. The summed E-state index contributed by atoms with van der Waals surface area (Å²) in [6.45, 7) is 6.67. The normalized spacial score (nSPS) is 12.1. The van der Waals surface area contributed by atoms with Crippen LogP contribution in [0.25, 0.3) is 0 Å². The van der Waals surface area contributed by atoms with E-state index >= 15 is 0 Å². The number of carbonyl (C=O) groups is 1. The molecule has 0 saturated carbocycles. The van der Waals surface area contributed by atoms with E-state index in [0.29, 0.717) is 6.61 Å². The minimum absolute atomic E-state index is 0.0202. The van der Waals surface area contributed by atoms with Gasteiger partial charge in [0.1, 0.15) is 6.61 Å². The number of hydrogen-bond acceptors (Lipinski definition) is 3. The molecule has 1 atom stereocenters. The Kier molecular flexibility index (Phi) is 9.49. The first-order valence-electron chi connectivity index (χ1n) is 7.84. The molecule has 4 nitrogen and oxygen atoms in total. The van der Waals surface area contributed by atoms with Crippen molar-refractivity contribution >= 4 is 5.91 Å². The number of amides is 1. The Hall–Kier alpha value is -1.39. The smallest absolute Gasteiger partial charge is 0.246 e. The van der Waals surface area contributed by atoms with Crippen LogP contribution in [0.3, 0.4) is 0 Å². The predicted octanol–water partition coefficient (Wildman–Crippen LogP) is 2.49. The van der Waals surface area contributed by atoms with E-state index in [1.807, 2.05) is 25.1 Å². The number of ether oxygens (including phenoxy) is 1. The van der Waals surface area contributed by atoms with Gasteiger partial charge < -0.3 is 15.4 Å². The van der Waals surface area contributed by atoms with Crippen LogP contribution in [-0.4, -0.2) is 31.7 Å². The molecule has 0 aliphatic carbocycles. The van der Waals surface area contributed by atoms with Crippen molar-refractivity contribution in [2.75, 3.05) is 19.8 Å². The lowest BCUT2D eigenvalue weighted by Crippen LogP contribution is -2.35. The number of rotatable bonds is 11. The van der Waals surface area contributed by atoms with Gasteiger partial charge >= 0.3 is 0 Å². The standard InChI is InChI=1S/C17H28N2O2/c1-3-8-15(2)19-17(20)14-21-12-7-11-18-13-16-9-5-4-6-10-16/h4-6,9-10,15,18H,3,7-8,11-14H2,1-2H3,(H,19,20). The summed E-state index contributed by atoms with van der Waals surface area (Å²) in [7, 11) is 0. The lowest BCUT2D eigenvalue weighted by atomic mass is 10.2. The summed E-state index contributed by atoms with van der Waals surface area (Å²) in [4.78, 5) is 11.6. The zero-order valence-corrected chi connectivity index (χ0v) is 13.2. The summed E-state index contributed by atoms with van der Waals surface area (Å²) >= 11 is 0. The molecule has 0 aliphatic heterocycles. The number of carbonyl (C=O) groups excluding carboxylic acids is 1. The lowest BCUT2D eigenvalue weighted by Gasteiger charge is -2.12. The monoisotopic (exact) mass is 292 g/mol. The Balaban J connectivity index is 1.93. The van der Waals surface area contributed by atoms with Gasteiger partial charge in [0.2, 0.25) is 5.91 Å². The van der Waals surface area contributed by atoms with E-state index in [-0.39, 0.29) is 18.6 Å². The molecule has 0 fully saturated rings. The fourth-order valence-corrected chi connectivity index (χ4v) is 2.11. The van der Waals surface area contributed by atoms with Crippen molar-refractivity contribution in [1.82, 2.24) is 10.6 Å². The quantitative estimate of drug-likeness (QED) is 0.616. The highest BCUT2D eigenvalue weighted by Crippen LogP contribution is 1.97. The Labute approximate surface area is 128 Å². The minimum Gasteiger partial charge on any atom is -0.372 e. The van der Waals surface area contributed by atoms with Crippen molar-refractivity contribution in [3.8, 4) is 0 Å². The van der Waals surface area contributed by atoms with Crippen LogP contribution in [0.15, 0.2) is 30.3 Å². The Morgan fingerprint density at radius 3 is 2.76 bits per heavy atom.